The second-order valence-corrected chi connectivity index (χ2v) is 23.6. The van der Waals surface area contributed by atoms with Crippen LogP contribution in [0.5, 0.6) is 0 Å². The minimum Gasteiger partial charge on any atom is -0.381 e. The van der Waals surface area contributed by atoms with Crippen molar-refractivity contribution in [2.45, 2.75) is 179 Å². The maximum Gasteiger partial charge on any atom is 0.150 e. The van der Waals surface area contributed by atoms with E-state index in [0.717, 1.165) is 45.3 Å². The Morgan fingerprint density at radius 2 is 0.930 bits per heavy atom. The van der Waals surface area contributed by atoms with Gasteiger partial charge in [0, 0.05) is 67.8 Å². The number of sulfone groups is 1. The summed E-state index contributed by atoms with van der Waals surface area (Å²) in [5.41, 5.74) is -1.76. The van der Waals surface area contributed by atoms with Crippen LogP contribution in [0, 0.1) is 51.2 Å². The summed E-state index contributed by atoms with van der Waals surface area (Å²) in [7, 11) is -0.801. The molecule has 1 unspecified atom stereocenters. The monoisotopic (exact) mass is 815 g/mol. The molecule has 0 aromatic rings. The van der Waals surface area contributed by atoms with E-state index in [1.165, 1.54) is 25.9 Å². The summed E-state index contributed by atoms with van der Waals surface area (Å²) in [4.78, 5) is 4.70. The maximum atomic E-state index is 11.3. The highest BCUT2D eigenvalue weighted by molar-refractivity contribution is 7.91. The minimum absolute atomic E-state index is 0.00687. The molecule has 4 N–H and O–H groups in total. The Morgan fingerprint density at radius 3 is 1.25 bits per heavy atom. The molecule has 1 atom stereocenters. The molecule has 13 nitrogen and oxygen atoms in total. The van der Waals surface area contributed by atoms with Gasteiger partial charge in [0.05, 0.1) is 35.8 Å². The van der Waals surface area contributed by atoms with Crippen LogP contribution in [0.3, 0.4) is 0 Å². The second-order valence-electron chi connectivity index (χ2n) is 21.3. The van der Waals surface area contributed by atoms with Crippen molar-refractivity contribution in [2.24, 2.45) is 5.92 Å². The van der Waals surface area contributed by atoms with Gasteiger partial charge in [-0.2, -0.15) is 21.0 Å². The molecule has 0 radical (unpaired) electrons. The van der Waals surface area contributed by atoms with E-state index in [9.17, 15) is 18.9 Å². The first-order valence-electron chi connectivity index (χ1n) is 21.0. The van der Waals surface area contributed by atoms with Gasteiger partial charge >= 0.3 is 0 Å². The summed E-state index contributed by atoms with van der Waals surface area (Å²) in [6, 6.07) is 9.63. The Hall–Kier alpha value is -2.37. The predicted molar refractivity (Wildman–Crippen MR) is 229 cm³/mol. The van der Waals surface area contributed by atoms with Gasteiger partial charge in [-0.05, 0) is 148 Å². The third-order valence-electron chi connectivity index (χ3n) is 10.9. The highest BCUT2D eigenvalue weighted by Crippen LogP contribution is 2.36. The minimum atomic E-state index is -2.91. The van der Waals surface area contributed by atoms with Crippen molar-refractivity contribution < 1.29 is 13.2 Å². The zero-order valence-corrected chi connectivity index (χ0v) is 38.7. The lowest BCUT2D eigenvalue weighted by atomic mass is 9.72. The summed E-state index contributed by atoms with van der Waals surface area (Å²) >= 11 is 0. The molecule has 0 spiro atoms. The van der Waals surface area contributed by atoms with Crippen LogP contribution in [0.15, 0.2) is 0 Å². The number of ether oxygens (including phenoxy) is 1. The van der Waals surface area contributed by atoms with Crippen LogP contribution in [-0.2, 0) is 14.6 Å². The quantitative estimate of drug-likeness (QED) is 0.296. The largest absolute Gasteiger partial charge is 0.381 e. The molecule has 6 saturated heterocycles. The van der Waals surface area contributed by atoms with Gasteiger partial charge in [-0.1, -0.05) is 0 Å². The lowest BCUT2D eigenvalue weighted by Crippen LogP contribution is -2.68. The van der Waals surface area contributed by atoms with E-state index in [0.29, 0.717) is 32.0 Å². The highest BCUT2D eigenvalue weighted by atomic mass is 32.2. The Morgan fingerprint density at radius 1 is 0.561 bits per heavy atom. The van der Waals surface area contributed by atoms with Crippen LogP contribution in [0.2, 0.25) is 0 Å². The molecule has 324 valence electrons. The standard InChI is InChI=1S/C12H21N3.C11H21N3.C10H18N2O2S.C10H18N2O/c1-11(2,3)14-12(8-13)9-15-6-4-10(12)5-7-15;1-10(2,3)13-11(9-12)5-7-14(4)8-6-11;1-9(2,3)12-10(8-11)4-6-15(13,14)7-5-10;1-9(2,3)12-10(8-11)4-6-13-7-5-10/h10,14H,4-7,9H2,1-3H3;13H,5-8H2,1-4H3;12H,4-7H2,1-3H3;12H,4-7H2,1-3H3. The highest BCUT2D eigenvalue weighted by Gasteiger charge is 2.48. The zero-order chi connectivity index (χ0) is 43.6. The molecule has 57 heavy (non-hydrogen) atoms. The number of hydrogen-bond acceptors (Lipinski definition) is 13. The number of fused-ring (bicyclic) bond motifs is 3. The van der Waals surface area contributed by atoms with Gasteiger partial charge in [0.25, 0.3) is 0 Å². The Labute approximate surface area is 347 Å². The molecule has 0 aromatic heterocycles. The smallest absolute Gasteiger partial charge is 0.150 e. The first kappa shape index (κ1) is 50.8. The first-order chi connectivity index (χ1) is 26.0. The number of piperidine rings is 4. The fourth-order valence-corrected chi connectivity index (χ4v) is 10.1. The summed E-state index contributed by atoms with van der Waals surface area (Å²) in [5, 5.41) is 50.7. The fraction of sp³-hybridized carbons (Fsp3) is 0.907. The van der Waals surface area contributed by atoms with Crippen LogP contribution in [0.4, 0.5) is 0 Å². The third kappa shape index (κ3) is 17.4. The van der Waals surface area contributed by atoms with E-state index in [4.69, 9.17) is 15.3 Å². The molecule has 2 bridgehead atoms. The normalized spacial score (nSPS) is 27.7. The first-order valence-corrected chi connectivity index (χ1v) is 22.8. The predicted octanol–water partition coefficient (Wildman–Crippen LogP) is 5.02. The molecule has 6 heterocycles. The van der Waals surface area contributed by atoms with Gasteiger partial charge in [-0.15, -0.1) is 0 Å². The van der Waals surface area contributed by atoms with Crippen molar-refractivity contribution in [3.05, 3.63) is 0 Å². The third-order valence-corrected chi connectivity index (χ3v) is 12.6. The van der Waals surface area contributed by atoms with Gasteiger partial charge in [0.1, 0.15) is 22.2 Å². The SMILES string of the molecule is CC(C)(C)NC1(C#N)CCOCC1.CC(C)(C)NC1(C#N)CCS(=O)(=O)CC1.CC(C)(C)NC1(C#N)CN2CCC1CC2.CN1CCC(C#N)(NC(C)(C)C)CC1. The van der Waals surface area contributed by atoms with E-state index < -0.39 is 15.4 Å². The van der Waals surface area contributed by atoms with Crippen molar-refractivity contribution >= 4 is 9.84 Å². The molecule has 0 aliphatic carbocycles. The number of nitrogens with zero attached hydrogens (tertiary/aromatic N) is 6. The molecule has 6 fully saturated rings. The Balaban J connectivity index is 0.000000263. The molecule has 14 heteroatoms. The molecule has 6 aliphatic heterocycles. The van der Waals surface area contributed by atoms with Crippen LogP contribution < -0.4 is 21.3 Å². The van der Waals surface area contributed by atoms with Crippen LogP contribution in [0.1, 0.15) is 134 Å². The van der Waals surface area contributed by atoms with Crippen molar-refractivity contribution in [3.8, 4) is 24.3 Å². The maximum absolute atomic E-state index is 11.3. The molecule has 6 rings (SSSR count). The van der Waals surface area contributed by atoms with Crippen molar-refractivity contribution in [1.82, 2.24) is 31.1 Å². The van der Waals surface area contributed by atoms with Crippen molar-refractivity contribution in [3.63, 3.8) is 0 Å². The van der Waals surface area contributed by atoms with Crippen LogP contribution in [0.25, 0.3) is 0 Å². The van der Waals surface area contributed by atoms with E-state index in [-0.39, 0.29) is 50.3 Å². The van der Waals surface area contributed by atoms with Gasteiger partial charge in [-0.25, -0.2) is 8.42 Å². The summed E-state index contributed by atoms with van der Waals surface area (Å²) in [6.07, 6.45) is 6.58. The lowest BCUT2D eigenvalue weighted by molar-refractivity contribution is 0.0238. The molecule has 0 amide bonds. The van der Waals surface area contributed by atoms with Gasteiger partial charge in [0.15, 0.2) is 9.84 Å². The number of rotatable bonds is 4. The van der Waals surface area contributed by atoms with Crippen LogP contribution >= 0.6 is 0 Å². The topological polar surface area (TPSA) is 193 Å². The zero-order valence-electron chi connectivity index (χ0n) is 37.9. The number of nitriles is 4. The second kappa shape index (κ2) is 19.8. The van der Waals surface area contributed by atoms with E-state index in [1.54, 1.807) is 0 Å². The van der Waals surface area contributed by atoms with E-state index in [2.05, 4.69) is 125 Å². The number of nitrogens with one attached hydrogen (secondary N) is 4. The van der Waals surface area contributed by atoms with E-state index in [1.807, 2.05) is 20.8 Å². The summed E-state index contributed by atoms with van der Waals surface area (Å²) in [5.74, 6) is 0.777. The van der Waals surface area contributed by atoms with Gasteiger partial charge < -0.3 is 14.5 Å². The Kier molecular flexibility index (Phi) is 17.6. The van der Waals surface area contributed by atoms with Crippen molar-refractivity contribution in [1.29, 1.82) is 21.0 Å². The Bertz CT molecular complexity index is 1540. The van der Waals surface area contributed by atoms with Gasteiger partial charge in [0.2, 0.25) is 0 Å². The molecular formula is C43H78N10O3S. The number of hydrogen-bond donors (Lipinski definition) is 4. The molecular weight excluding hydrogens is 737 g/mol. The average Bonchev–Trinajstić information content (AvgIpc) is 3.10. The lowest BCUT2D eigenvalue weighted by Gasteiger charge is -2.52. The fourth-order valence-electron chi connectivity index (χ4n) is 8.59. The van der Waals surface area contributed by atoms with E-state index >= 15 is 0 Å². The number of likely N-dealkylation sites (tertiary alicyclic amines) is 1. The molecule has 6 aliphatic rings. The average molecular weight is 815 g/mol. The molecule has 0 saturated carbocycles. The molecule has 0 aromatic carbocycles. The van der Waals surface area contributed by atoms with Crippen molar-refractivity contribution in [2.75, 3.05) is 64.5 Å². The summed E-state index contributed by atoms with van der Waals surface area (Å²) < 4.78 is 27.8. The van der Waals surface area contributed by atoms with Gasteiger partial charge in [-0.3, -0.25) is 21.3 Å². The van der Waals surface area contributed by atoms with Crippen LogP contribution in [-0.4, -0.2) is 127 Å². The summed E-state index contributed by atoms with van der Waals surface area (Å²) in [6.45, 7) is 31.6.